The number of ether oxygens (including phenoxy) is 2. The van der Waals surface area contributed by atoms with Gasteiger partial charge in [-0.3, -0.25) is 4.79 Å². The van der Waals surface area contributed by atoms with Gasteiger partial charge in [-0.2, -0.15) is 0 Å². The van der Waals surface area contributed by atoms with Gasteiger partial charge < -0.3 is 20.1 Å². The first kappa shape index (κ1) is 20.0. The number of piperidine rings is 1. The average Bonchev–Trinajstić information content (AvgIpc) is 2.61. The fourth-order valence-corrected chi connectivity index (χ4v) is 3.33. The Labute approximate surface area is 155 Å². The maximum Gasteiger partial charge on any atom is 0.224 e. The molecule has 1 aromatic rings. The van der Waals surface area contributed by atoms with Crippen molar-refractivity contribution in [3.63, 3.8) is 0 Å². The fraction of sp³-hybridized carbons (Fsp3) is 0.632. The maximum atomic E-state index is 12.5. The summed E-state index contributed by atoms with van der Waals surface area (Å²) < 4.78 is 11.0. The number of amides is 1. The molecule has 2 N–H and O–H groups in total. The van der Waals surface area contributed by atoms with Crippen LogP contribution in [0.15, 0.2) is 18.2 Å². The number of benzene rings is 1. The first-order valence-corrected chi connectivity index (χ1v) is 9.48. The van der Waals surface area contributed by atoms with Crippen molar-refractivity contribution in [2.45, 2.75) is 33.1 Å². The van der Waals surface area contributed by atoms with E-state index in [4.69, 9.17) is 21.1 Å². The Hall–Kier alpha value is -1.30. The third-order valence-corrected chi connectivity index (χ3v) is 4.84. The first-order chi connectivity index (χ1) is 12.1. The second kappa shape index (κ2) is 10.6. The molecule has 1 atom stereocenters. The summed E-state index contributed by atoms with van der Waals surface area (Å²) in [7, 11) is 0. The third-order valence-electron chi connectivity index (χ3n) is 4.60. The molecule has 6 heteroatoms. The van der Waals surface area contributed by atoms with Crippen molar-refractivity contribution in [2.24, 2.45) is 11.8 Å². The zero-order chi connectivity index (χ0) is 18.1. The molecule has 1 heterocycles. The van der Waals surface area contributed by atoms with Gasteiger partial charge in [-0.05, 0) is 62.9 Å². The number of rotatable bonds is 9. The lowest BCUT2D eigenvalue weighted by Gasteiger charge is -2.28. The molecule has 0 spiro atoms. The Balaban J connectivity index is 1.90. The molecule has 1 aliphatic rings. The molecule has 0 saturated carbocycles. The van der Waals surface area contributed by atoms with Gasteiger partial charge >= 0.3 is 0 Å². The van der Waals surface area contributed by atoms with E-state index in [-0.39, 0.29) is 5.91 Å². The van der Waals surface area contributed by atoms with Crippen molar-refractivity contribution in [3.8, 4) is 5.75 Å². The van der Waals surface area contributed by atoms with Crippen LogP contribution in [0.3, 0.4) is 0 Å². The molecule has 0 bridgehead atoms. The molecule has 1 aromatic carbocycles. The van der Waals surface area contributed by atoms with E-state index in [9.17, 15) is 4.79 Å². The number of carbonyl (C=O) groups excluding carboxylic acids is 1. The van der Waals surface area contributed by atoms with Crippen LogP contribution in [-0.2, 0) is 9.53 Å². The minimum atomic E-state index is 0.00274. The van der Waals surface area contributed by atoms with Crippen molar-refractivity contribution in [1.82, 2.24) is 5.32 Å². The summed E-state index contributed by atoms with van der Waals surface area (Å²) in [6.45, 7) is 7.79. The van der Waals surface area contributed by atoms with Crippen LogP contribution in [0.5, 0.6) is 5.75 Å². The second-order valence-electron chi connectivity index (χ2n) is 6.50. The summed E-state index contributed by atoms with van der Waals surface area (Å²) in [5.41, 5.74) is 0.617. The normalized spacial score (nSPS) is 16.4. The topological polar surface area (TPSA) is 59.6 Å². The van der Waals surface area contributed by atoms with Crippen LogP contribution in [0.4, 0.5) is 5.69 Å². The van der Waals surface area contributed by atoms with E-state index in [2.05, 4.69) is 17.6 Å². The maximum absolute atomic E-state index is 12.5. The summed E-state index contributed by atoms with van der Waals surface area (Å²) in [6, 6.07) is 5.26. The van der Waals surface area contributed by atoms with Gasteiger partial charge in [0, 0.05) is 18.1 Å². The molecular weight excluding hydrogens is 340 g/mol. The standard InChI is InChI=1S/C19H29ClN2O3/c1-3-24-10-11-25-18-5-4-16(20)13-17(18)22-19(23)12-14(2)15-6-8-21-9-7-15/h4-5,13-15,21H,3,6-12H2,1-2H3,(H,22,23). The quantitative estimate of drug-likeness (QED) is 0.652. The van der Waals surface area contributed by atoms with Gasteiger partial charge in [-0.1, -0.05) is 18.5 Å². The molecular formula is C19H29ClN2O3. The lowest BCUT2D eigenvalue weighted by Crippen LogP contribution is -2.32. The van der Waals surface area contributed by atoms with Crippen LogP contribution in [0.25, 0.3) is 0 Å². The summed E-state index contributed by atoms with van der Waals surface area (Å²) >= 11 is 6.07. The van der Waals surface area contributed by atoms with Gasteiger partial charge in [-0.25, -0.2) is 0 Å². The summed E-state index contributed by atoms with van der Waals surface area (Å²) in [4.78, 5) is 12.5. The Morgan fingerprint density at radius 1 is 1.36 bits per heavy atom. The molecule has 1 amide bonds. The van der Waals surface area contributed by atoms with E-state index in [1.165, 1.54) is 0 Å². The SMILES string of the molecule is CCOCCOc1ccc(Cl)cc1NC(=O)CC(C)C1CCNCC1. The summed E-state index contributed by atoms with van der Waals surface area (Å²) in [6.07, 6.45) is 2.78. The number of carbonyl (C=O) groups is 1. The number of hydrogen-bond donors (Lipinski definition) is 2. The molecule has 1 fully saturated rings. The zero-order valence-corrected chi connectivity index (χ0v) is 15.9. The minimum absolute atomic E-state index is 0.00274. The van der Waals surface area contributed by atoms with Crippen LogP contribution in [0, 0.1) is 11.8 Å². The monoisotopic (exact) mass is 368 g/mol. The van der Waals surface area contributed by atoms with Crippen LogP contribution in [-0.4, -0.2) is 38.8 Å². The number of halogens is 1. The second-order valence-corrected chi connectivity index (χ2v) is 6.94. The van der Waals surface area contributed by atoms with Gasteiger partial charge in [0.05, 0.1) is 12.3 Å². The Bertz CT molecular complexity index is 547. The highest BCUT2D eigenvalue weighted by molar-refractivity contribution is 6.31. The fourth-order valence-electron chi connectivity index (χ4n) is 3.15. The Kier molecular flexibility index (Phi) is 8.52. The van der Waals surface area contributed by atoms with Crippen molar-refractivity contribution in [2.75, 3.05) is 38.2 Å². The highest BCUT2D eigenvalue weighted by atomic mass is 35.5. The first-order valence-electron chi connectivity index (χ1n) is 9.10. The summed E-state index contributed by atoms with van der Waals surface area (Å²) in [5, 5.41) is 6.89. The van der Waals surface area contributed by atoms with Crippen LogP contribution < -0.4 is 15.4 Å². The summed E-state index contributed by atoms with van der Waals surface area (Å²) in [5.74, 6) is 1.59. The third kappa shape index (κ3) is 6.84. The zero-order valence-electron chi connectivity index (χ0n) is 15.1. The van der Waals surface area contributed by atoms with E-state index in [0.29, 0.717) is 54.5 Å². The van der Waals surface area contributed by atoms with E-state index in [1.54, 1.807) is 18.2 Å². The number of anilines is 1. The highest BCUT2D eigenvalue weighted by Crippen LogP contribution is 2.29. The van der Waals surface area contributed by atoms with Crippen molar-refractivity contribution in [3.05, 3.63) is 23.2 Å². The van der Waals surface area contributed by atoms with Crippen LogP contribution in [0.2, 0.25) is 5.02 Å². The lowest BCUT2D eigenvalue weighted by molar-refractivity contribution is -0.117. The molecule has 0 radical (unpaired) electrons. The Morgan fingerprint density at radius 2 is 2.12 bits per heavy atom. The molecule has 140 valence electrons. The molecule has 1 aliphatic heterocycles. The van der Waals surface area contributed by atoms with Crippen LogP contribution >= 0.6 is 11.6 Å². The largest absolute Gasteiger partial charge is 0.489 e. The predicted molar refractivity (Wildman–Crippen MR) is 101 cm³/mol. The minimum Gasteiger partial charge on any atom is -0.489 e. The van der Waals surface area contributed by atoms with Crippen LogP contribution in [0.1, 0.15) is 33.1 Å². The average molecular weight is 369 g/mol. The predicted octanol–water partition coefficient (Wildman–Crippen LogP) is 3.72. The molecule has 2 rings (SSSR count). The van der Waals surface area contributed by atoms with Gasteiger partial charge in [0.2, 0.25) is 5.91 Å². The molecule has 0 aromatic heterocycles. The molecule has 5 nitrogen and oxygen atoms in total. The van der Waals surface area contributed by atoms with E-state index >= 15 is 0 Å². The van der Waals surface area contributed by atoms with E-state index in [1.807, 2.05) is 6.92 Å². The molecule has 1 saturated heterocycles. The highest BCUT2D eigenvalue weighted by Gasteiger charge is 2.22. The van der Waals surface area contributed by atoms with E-state index in [0.717, 1.165) is 25.9 Å². The smallest absolute Gasteiger partial charge is 0.224 e. The molecule has 1 unspecified atom stereocenters. The lowest BCUT2D eigenvalue weighted by atomic mass is 9.84. The Morgan fingerprint density at radius 3 is 2.84 bits per heavy atom. The molecule has 0 aliphatic carbocycles. The van der Waals surface area contributed by atoms with Crippen molar-refractivity contribution < 1.29 is 14.3 Å². The van der Waals surface area contributed by atoms with Crippen molar-refractivity contribution >= 4 is 23.2 Å². The van der Waals surface area contributed by atoms with Gasteiger partial charge in [0.25, 0.3) is 0 Å². The van der Waals surface area contributed by atoms with Gasteiger partial charge in [-0.15, -0.1) is 0 Å². The van der Waals surface area contributed by atoms with Gasteiger partial charge in [0.1, 0.15) is 12.4 Å². The number of nitrogens with one attached hydrogen (secondary N) is 2. The van der Waals surface area contributed by atoms with Gasteiger partial charge in [0.15, 0.2) is 0 Å². The van der Waals surface area contributed by atoms with E-state index < -0.39 is 0 Å². The van der Waals surface area contributed by atoms with Crippen molar-refractivity contribution in [1.29, 1.82) is 0 Å². The number of hydrogen-bond acceptors (Lipinski definition) is 4. The molecule has 25 heavy (non-hydrogen) atoms.